The third-order valence-corrected chi connectivity index (χ3v) is 8.17. The number of fused-ring (bicyclic) bond motifs is 1. The largest absolute Gasteiger partial charge is 0.382 e. The molecule has 3 amide bonds. The van der Waals surface area contributed by atoms with Crippen molar-refractivity contribution in [1.82, 2.24) is 15.1 Å². The number of hydrogen-bond acceptors (Lipinski definition) is 7. The molecule has 0 aromatic heterocycles. The molecular weight excluding hydrogens is 517 g/mol. The molecule has 3 fully saturated rings. The topological polar surface area (TPSA) is 117 Å². The Hall–Kier alpha value is -1.91. The minimum absolute atomic E-state index is 0. The lowest BCUT2D eigenvalue weighted by atomic mass is 9.80. The SMILES string of the molecule is Cl.Cl.NC1CCC([C@@H](CCN2CCOCC2)Nc2cccc3c2CN([C@@H]2CCC(=O)NC2=O)C3=O)CC1. The molecule has 2 atom stereocenters. The van der Waals surface area contributed by atoms with Crippen LogP contribution in [0.1, 0.15) is 60.9 Å². The number of nitrogens with zero attached hydrogens (tertiary/aromatic N) is 2. The molecule has 3 heterocycles. The fourth-order valence-corrected chi connectivity index (χ4v) is 6.04. The average Bonchev–Trinajstić information content (AvgIpc) is 3.20. The van der Waals surface area contributed by atoms with E-state index in [0.717, 1.165) is 76.2 Å². The number of carbonyl (C=O) groups excluding carboxylic acids is 3. The van der Waals surface area contributed by atoms with Crippen molar-refractivity contribution in [1.29, 1.82) is 0 Å². The highest BCUT2D eigenvalue weighted by molar-refractivity contribution is 6.06. The van der Waals surface area contributed by atoms with Gasteiger partial charge in [-0.3, -0.25) is 24.6 Å². The van der Waals surface area contributed by atoms with Crippen molar-refractivity contribution in [3.8, 4) is 0 Å². The Labute approximate surface area is 231 Å². The summed E-state index contributed by atoms with van der Waals surface area (Å²) in [5, 5.41) is 6.22. The number of nitrogens with two attached hydrogens (primary N) is 1. The van der Waals surface area contributed by atoms with Gasteiger partial charge in [-0.1, -0.05) is 6.07 Å². The third-order valence-electron chi connectivity index (χ3n) is 8.17. The summed E-state index contributed by atoms with van der Waals surface area (Å²) in [5.41, 5.74) is 8.78. The Bertz CT molecular complexity index is 966. The number of ether oxygens (including phenoxy) is 1. The van der Waals surface area contributed by atoms with Crippen LogP contribution in [0.3, 0.4) is 0 Å². The summed E-state index contributed by atoms with van der Waals surface area (Å²) in [5.74, 6) is -0.242. The van der Waals surface area contributed by atoms with Crippen LogP contribution in [-0.4, -0.2) is 78.5 Å². The normalized spacial score (nSPS) is 27.0. The number of rotatable bonds is 7. The fourth-order valence-electron chi connectivity index (χ4n) is 6.04. The highest BCUT2D eigenvalue weighted by Crippen LogP contribution is 2.35. The van der Waals surface area contributed by atoms with Gasteiger partial charge in [-0.15, -0.1) is 24.8 Å². The summed E-state index contributed by atoms with van der Waals surface area (Å²) in [4.78, 5) is 41.4. The second-order valence-corrected chi connectivity index (χ2v) is 10.4. The van der Waals surface area contributed by atoms with Crippen LogP contribution in [0.4, 0.5) is 5.69 Å². The Morgan fingerprint density at radius 3 is 2.49 bits per heavy atom. The number of morpholine rings is 1. The summed E-state index contributed by atoms with van der Waals surface area (Å²) < 4.78 is 5.51. The maximum absolute atomic E-state index is 13.2. The van der Waals surface area contributed by atoms with E-state index < -0.39 is 6.04 Å². The van der Waals surface area contributed by atoms with Gasteiger partial charge in [0.15, 0.2) is 0 Å². The molecule has 0 unspecified atom stereocenters. The summed E-state index contributed by atoms with van der Waals surface area (Å²) >= 11 is 0. The Morgan fingerprint density at radius 1 is 1.05 bits per heavy atom. The average molecular weight is 557 g/mol. The molecule has 11 heteroatoms. The van der Waals surface area contributed by atoms with Crippen LogP contribution in [0.25, 0.3) is 0 Å². The zero-order chi connectivity index (χ0) is 24.4. The first kappa shape index (κ1) is 29.6. The fraction of sp³-hybridized carbons (Fsp3) is 0.654. The van der Waals surface area contributed by atoms with Crippen LogP contribution in [0.15, 0.2) is 18.2 Å². The molecule has 1 aromatic rings. The highest BCUT2D eigenvalue weighted by atomic mass is 35.5. The van der Waals surface area contributed by atoms with Gasteiger partial charge in [0.1, 0.15) is 6.04 Å². The van der Waals surface area contributed by atoms with Crippen LogP contribution in [0.2, 0.25) is 0 Å². The van der Waals surface area contributed by atoms with E-state index in [1.165, 1.54) is 0 Å². The number of benzene rings is 1. The van der Waals surface area contributed by atoms with Crippen molar-refractivity contribution in [2.24, 2.45) is 11.7 Å². The maximum atomic E-state index is 13.2. The lowest BCUT2D eigenvalue weighted by molar-refractivity contribution is -0.136. The Balaban J connectivity index is 0.00000190. The standard InChI is InChI=1S/C26H37N5O4.2ClH/c27-18-6-4-17(5-7-18)21(10-11-30-12-14-35-15-13-30)28-22-3-1-2-19-20(22)16-31(26(19)34)23-8-9-24(32)29-25(23)33;;/h1-3,17-18,21,23,28H,4-16,27H2,(H,29,32,33);2*1H/t17?,18?,21-,23-;;/m1../s1. The van der Waals surface area contributed by atoms with Crippen molar-refractivity contribution >= 4 is 48.2 Å². The van der Waals surface area contributed by atoms with Crippen LogP contribution in [-0.2, 0) is 20.9 Å². The van der Waals surface area contributed by atoms with Gasteiger partial charge in [-0.2, -0.15) is 0 Å². The number of carbonyl (C=O) groups is 3. The molecule has 37 heavy (non-hydrogen) atoms. The van der Waals surface area contributed by atoms with E-state index in [2.05, 4.69) is 21.6 Å². The molecule has 206 valence electrons. The Morgan fingerprint density at radius 2 is 1.78 bits per heavy atom. The molecule has 1 saturated carbocycles. The molecule has 0 radical (unpaired) electrons. The molecule has 0 bridgehead atoms. The third kappa shape index (κ3) is 6.75. The molecule has 5 rings (SSSR count). The van der Waals surface area contributed by atoms with Crippen LogP contribution < -0.4 is 16.4 Å². The molecular formula is C26H39Cl2N5O4. The van der Waals surface area contributed by atoms with Crippen LogP contribution >= 0.6 is 24.8 Å². The molecule has 1 aliphatic carbocycles. The van der Waals surface area contributed by atoms with E-state index in [0.29, 0.717) is 30.5 Å². The molecule has 0 spiro atoms. The van der Waals surface area contributed by atoms with Gasteiger partial charge in [0.05, 0.1) is 13.2 Å². The van der Waals surface area contributed by atoms with Gasteiger partial charge in [0.2, 0.25) is 11.8 Å². The van der Waals surface area contributed by atoms with Gasteiger partial charge in [-0.25, -0.2) is 0 Å². The summed E-state index contributed by atoms with van der Waals surface area (Å²) in [6.07, 6.45) is 5.97. The summed E-state index contributed by atoms with van der Waals surface area (Å²) in [6.45, 7) is 4.92. The minimum Gasteiger partial charge on any atom is -0.382 e. The first-order chi connectivity index (χ1) is 17.0. The first-order valence-corrected chi connectivity index (χ1v) is 13.1. The number of piperidine rings is 1. The maximum Gasteiger partial charge on any atom is 0.255 e. The van der Waals surface area contributed by atoms with Crippen molar-refractivity contribution in [2.75, 3.05) is 38.2 Å². The smallest absolute Gasteiger partial charge is 0.255 e. The van der Waals surface area contributed by atoms with E-state index in [9.17, 15) is 14.4 Å². The minimum atomic E-state index is -0.600. The number of amides is 3. The molecule has 4 aliphatic rings. The lowest BCUT2D eigenvalue weighted by Crippen LogP contribution is -2.52. The number of halogens is 2. The monoisotopic (exact) mass is 555 g/mol. The van der Waals surface area contributed by atoms with Gasteiger partial charge in [0, 0.05) is 61.5 Å². The summed E-state index contributed by atoms with van der Waals surface area (Å²) in [7, 11) is 0. The zero-order valence-electron chi connectivity index (χ0n) is 21.2. The second-order valence-electron chi connectivity index (χ2n) is 10.4. The predicted octanol–water partition coefficient (Wildman–Crippen LogP) is 2.31. The van der Waals surface area contributed by atoms with Gasteiger partial charge in [0.25, 0.3) is 5.91 Å². The molecule has 1 aromatic carbocycles. The zero-order valence-corrected chi connectivity index (χ0v) is 22.8. The molecule has 3 aliphatic heterocycles. The van der Waals surface area contributed by atoms with Gasteiger partial charge < -0.3 is 20.7 Å². The van der Waals surface area contributed by atoms with E-state index in [1.807, 2.05) is 12.1 Å². The summed E-state index contributed by atoms with van der Waals surface area (Å²) in [6, 6.07) is 5.80. The number of nitrogens with one attached hydrogen (secondary N) is 2. The number of hydrogen-bond donors (Lipinski definition) is 3. The highest BCUT2D eigenvalue weighted by Gasteiger charge is 2.40. The molecule has 9 nitrogen and oxygen atoms in total. The van der Waals surface area contributed by atoms with Crippen LogP contribution in [0.5, 0.6) is 0 Å². The van der Waals surface area contributed by atoms with Crippen molar-refractivity contribution in [3.05, 3.63) is 29.3 Å². The van der Waals surface area contributed by atoms with E-state index in [1.54, 1.807) is 4.90 Å². The van der Waals surface area contributed by atoms with E-state index >= 15 is 0 Å². The second kappa shape index (κ2) is 13.2. The van der Waals surface area contributed by atoms with Crippen molar-refractivity contribution in [2.45, 2.75) is 69.6 Å². The van der Waals surface area contributed by atoms with E-state index in [-0.39, 0.29) is 55.0 Å². The predicted molar refractivity (Wildman–Crippen MR) is 146 cm³/mol. The quantitative estimate of drug-likeness (QED) is 0.442. The van der Waals surface area contributed by atoms with Crippen molar-refractivity contribution in [3.63, 3.8) is 0 Å². The first-order valence-electron chi connectivity index (χ1n) is 13.1. The van der Waals surface area contributed by atoms with Crippen LogP contribution in [0, 0.1) is 5.92 Å². The lowest BCUT2D eigenvalue weighted by Gasteiger charge is -2.36. The molecule has 2 saturated heterocycles. The Kier molecular flexibility index (Phi) is 10.6. The van der Waals surface area contributed by atoms with E-state index in [4.69, 9.17) is 10.5 Å². The molecule has 4 N–H and O–H groups in total. The van der Waals surface area contributed by atoms with Crippen molar-refractivity contribution < 1.29 is 19.1 Å². The number of imide groups is 1. The van der Waals surface area contributed by atoms with Gasteiger partial charge in [-0.05, 0) is 56.6 Å². The van der Waals surface area contributed by atoms with Gasteiger partial charge >= 0.3 is 0 Å². The number of anilines is 1.